The number of aliphatic imine (C=N–C) groups is 1. The lowest BCUT2D eigenvalue weighted by Gasteiger charge is -2.25. The van der Waals surface area contributed by atoms with E-state index in [2.05, 4.69) is 24.0 Å². The summed E-state index contributed by atoms with van der Waals surface area (Å²) < 4.78 is 6.19. The van der Waals surface area contributed by atoms with Crippen LogP contribution in [0.25, 0.3) is 0 Å². The van der Waals surface area contributed by atoms with Crippen LogP contribution < -0.4 is 4.74 Å². The van der Waals surface area contributed by atoms with E-state index in [0.29, 0.717) is 0 Å². The molecule has 0 radical (unpaired) electrons. The van der Waals surface area contributed by atoms with Crippen LogP contribution in [0.2, 0.25) is 0 Å². The Balaban J connectivity index is 1.75. The number of fused-ring (bicyclic) bond motifs is 2. The Morgan fingerprint density at radius 3 is 2.73 bits per heavy atom. The Morgan fingerprint density at radius 2 is 1.88 bits per heavy atom. The molecular formula is C21H23N3O2. The van der Waals surface area contributed by atoms with E-state index >= 15 is 0 Å². The molecule has 2 aromatic rings. The summed E-state index contributed by atoms with van der Waals surface area (Å²) in [5.74, 6) is 2.67. The zero-order valence-corrected chi connectivity index (χ0v) is 15.2. The predicted molar refractivity (Wildman–Crippen MR) is 102 cm³/mol. The van der Waals surface area contributed by atoms with Gasteiger partial charge in [-0.05, 0) is 43.2 Å². The van der Waals surface area contributed by atoms with Crippen LogP contribution in [0.3, 0.4) is 0 Å². The van der Waals surface area contributed by atoms with Gasteiger partial charge in [0.15, 0.2) is 5.75 Å². The van der Waals surface area contributed by atoms with Crippen LogP contribution in [0.15, 0.2) is 47.5 Å². The molecule has 0 aromatic heterocycles. The summed E-state index contributed by atoms with van der Waals surface area (Å²) in [6, 6.07) is 14.1. The largest absolute Gasteiger partial charge is 0.454 e. The van der Waals surface area contributed by atoms with Crippen molar-refractivity contribution in [3.63, 3.8) is 0 Å². The lowest BCUT2D eigenvalue weighted by Crippen LogP contribution is -2.36. The van der Waals surface area contributed by atoms with Crippen LogP contribution >= 0.6 is 0 Å². The van der Waals surface area contributed by atoms with Gasteiger partial charge in [0, 0.05) is 33.1 Å². The van der Waals surface area contributed by atoms with E-state index in [1.807, 2.05) is 35.2 Å². The molecule has 0 spiro atoms. The molecule has 5 heteroatoms. The van der Waals surface area contributed by atoms with Crippen molar-refractivity contribution in [1.29, 1.82) is 0 Å². The highest BCUT2D eigenvalue weighted by Crippen LogP contribution is 2.38. The summed E-state index contributed by atoms with van der Waals surface area (Å²) >= 11 is 0. The number of carbonyl (C=O) groups excluding carboxylic acids is 1. The third kappa shape index (κ3) is 3.17. The molecule has 0 unspecified atom stereocenters. The van der Waals surface area contributed by atoms with Gasteiger partial charge in [-0.2, -0.15) is 0 Å². The number of hydrogen-bond acceptors (Lipinski definition) is 4. The maximum atomic E-state index is 11.7. The Kier molecular flexibility index (Phi) is 4.37. The van der Waals surface area contributed by atoms with Gasteiger partial charge < -0.3 is 14.5 Å². The molecule has 0 N–H and O–H groups in total. The van der Waals surface area contributed by atoms with Gasteiger partial charge in [-0.1, -0.05) is 18.2 Å². The summed E-state index contributed by atoms with van der Waals surface area (Å²) in [4.78, 5) is 20.9. The van der Waals surface area contributed by atoms with Crippen LogP contribution in [-0.2, 0) is 4.79 Å². The van der Waals surface area contributed by atoms with Crippen LogP contribution in [0, 0.1) is 6.92 Å². The van der Waals surface area contributed by atoms with Gasteiger partial charge in [0.1, 0.15) is 17.3 Å². The molecule has 0 atom stereocenters. The quantitative estimate of drug-likeness (QED) is 0.728. The molecule has 1 saturated heterocycles. The standard InChI is InChI=1S/C21H23N3O2/c1-15-8-9-18-20(14-15)26-19-7-4-3-6-17(19)21(22-18)24-11-5-10-23(12-13-24)16(2)25/h3-4,6-9,14H,5,10-13H2,1-2H3. The molecule has 4 rings (SSSR count). The molecule has 1 amide bonds. The van der Waals surface area contributed by atoms with Crippen LogP contribution in [0.5, 0.6) is 11.5 Å². The summed E-state index contributed by atoms with van der Waals surface area (Å²) in [5, 5.41) is 0. The third-order valence-electron chi connectivity index (χ3n) is 4.93. The number of ether oxygens (including phenoxy) is 1. The highest BCUT2D eigenvalue weighted by atomic mass is 16.5. The minimum atomic E-state index is 0.138. The first-order valence-electron chi connectivity index (χ1n) is 9.09. The molecule has 134 valence electrons. The van der Waals surface area contributed by atoms with E-state index in [0.717, 1.165) is 66.7 Å². The third-order valence-corrected chi connectivity index (χ3v) is 4.93. The zero-order chi connectivity index (χ0) is 18.1. The fourth-order valence-corrected chi connectivity index (χ4v) is 3.51. The molecule has 2 aliphatic heterocycles. The van der Waals surface area contributed by atoms with Crippen molar-refractivity contribution < 1.29 is 9.53 Å². The highest BCUT2D eigenvalue weighted by Gasteiger charge is 2.25. The number of rotatable bonds is 0. The van der Waals surface area contributed by atoms with Gasteiger partial charge in [-0.15, -0.1) is 0 Å². The number of aryl methyl sites for hydroxylation is 1. The van der Waals surface area contributed by atoms with E-state index in [1.165, 1.54) is 0 Å². The minimum absolute atomic E-state index is 0.138. The van der Waals surface area contributed by atoms with E-state index in [1.54, 1.807) is 6.92 Å². The summed E-state index contributed by atoms with van der Waals surface area (Å²) in [6.07, 6.45) is 0.933. The molecule has 26 heavy (non-hydrogen) atoms. The molecule has 0 saturated carbocycles. The van der Waals surface area contributed by atoms with Crippen LogP contribution in [0.1, 0.15) is 24.5 Å². The Hall–Kier alpha value is -2.82. The second kappa shape index (κ2) is 6.83. The van der Waals surface area contributed by atoms with E-state index in [4.69, 9.17) is 9.73 Å². The maximum absolute atomic E-state index is 11.7. The number of benzene rings is 2. The van der Waals surface area contributed by atoms with Crippen molar-refractivity contribution in [2.24, 2.45) is 4.99 Å². The van der Waals surface area contributed by atoms with Gasteiger partial charge in [-0.3, -0.25) is 4.79 Å². The molecule has 0 aliphatic carbocycles. The second-order valence-electron chi connectivity index (χ2n) is 6.85. The maximum Gasteiger partial charge on any atom is 0.219 e. The van der Waals surface area contributed by atoms with Gasteiger partial charge in [-0.25, -0.2) is 4.99 Å². The van der Waals surface area contributed by atoms with Crippen molar-refractivity contribution in [1.82, 2.24) is 9.80 Å². The lowest BCUT2D eigenvalue weighted by atomic mass is 10.1. The average Bonchev–Trinajstić information content (AvgIpc) is 2.96. The number of nitrogens with zero attached hydrogens (tertiary/aromatic N) is 3. The average molecular weight is 349 g/mol. The van der Waals surface area contributed by atoms with Gasteiger partial charge in [0.25, 0.3) is 0 Å². The molecular weight excluding hydrogens is 326 g/mol. The Morgan fingerprint density at radius 1 is 1.04 bits per heavy atom. The van der Waals surface area contributed by atoms with E-state index in [9.17, 15) is 4.79 Å². The Bertz CT molecular complexity index is 875. The SMILES string of the molecule is CC(=O)N1CCCN(C2=Nc3ccc(C)cc3Oc3ccccc32)CC1. The fraction of sp³-hybridized carbons (Fsp3) is 0.333. The number of amidine groups is 1. The fourth-order valence-electron chi connectivity index (χ4n) is 3.51. The van der Waals surface area contributed by atoms with Crippen molar-refractivity contribution in [3.8, 4) is 11.5 Å². The number of carbonyl (C=O) groups is 1. The van der Waals surface area contributed by atoms with Crippen molar-refractivity contribution in [2.45, 2.75) is 20.3 Å². The predicted octanol–water partition coefficient (Wildman–Crippen LogP) is 3.73. The van der Waals surface area contributed by atoms with E-state index in [-0.39, 0.29) is 5.91 Å². The molecule has 5 nitrogen and oxygen atoms in total. The highest BCUT2D eigenvalue weighted by molar-refractivity contribution is 6.03. The summed E-state index contributed by atoms with van der Waals surface area (Å²) in [7, 11) is 0. The van der Waals surface area contributed by atoms with Crippen LogP contribution in [0.4, 0.5) is 5.69 Å². The van der Waals surface area contributed by atoms with E-state index < -0.39 is 0 Å². The molecule has 2 aromatic carbocycles. The summed E-state index contributed by atoms with van der Waals surface area (Å²) in [6.45, 7) is 6.86. The lowest BCUT2D eigenvalue weighted by molar-refractivity contribution is -0.128. The van der Waals surface area contributed by atoms with Crippen molar-refractivity contribution in [2.75, 3.05) is 26.2 Å². The number of hydrogen-bond donors (Lipinski definition) is 0. The first-order chi connectivity index (χ1) is 12.6. The van der Waals surface area contributed by atoms with Gasteiger partial charge in [0.2, 0.25) is 5.91 Å². The minimum Gasteiger partial charge on any atom is -0.454 e. The molecule has 2 aliphatic rings. The number of para-hydroxylation sites is 1. The second-order valence-corrected chi connectivity index (χ2v) is 6.85. The zero-order valence-electron chi connectivity index (χ0n) is 15.2. The van der Waals surface area contributed by atoms with Gasteiger partial charge in [0.05, 0.1) is 5.56 Å². The smallest absolute Gasteiger partial charge is 0.219 e. The normalized spacial score (nSPS) is 16.6. The summed E-state index contributed by atoms with van der Waals surface area (Å²) in [5.41, 5.74) is 2.99. The molecule has 1 fully saturated rings. The van der Waals surface area contributed by atoms with Crippen LogP contribution in [-0.4, -0.2) is 47.7 Å². The first kappa shape index (κ1) is 16.6. The van der Waals surface area contributed by atoms with Gasteiger partial charge >= 0.3 is 0 Å². The van der Waals surface area contributed by atoms with Crippen molar-refractivity contribution >= 4 is 17.4 Å². The Labute approximate surface area is 153 Å². The first-order valence-corrected chi connectivity index (χ1v) is 9.09. The van der Waals surface area contributed by atoms with Crippen molar-refractivity contribution in [3.05, 3.63) is 53.6 Å². The monoisotopic (exact) mass is 349 g/mol. The molecule has 2 heterocycles. The molecule has 0 bridgehead atoms. The topological polar surface area (TPSA) is 45.1 Å². The number of amides is 1.